The van der Waals surface area contributed by atoms with Gasteiger partial charge in [0, 0.05) is 18.9 Å². The Morgan fingerprint density at radius 2 is 1.78 bits per heavy atom. The van der Waals surface area contributed by atoms with Crippen molar-refractivity contribution in [3.63, 3.8) is 0 Å². The molecule has 0 saturated heterocycles. The van der Waals surface area contributed by atoms with E-state index in [9.17, 15) is 0 Å². The van der Waals surface area contributed by atoms with Crippen LogP contribution in [-0.4, -0.2) is 37.1 Å². The van der Waals surface area contributed by atoms with Crippen LogP contribution in [0.4, 0.5) is 0 Å². The molecule has 0 aliphatic rings. The van der Waals surface area contributed by atoms with Gasteiger partial charge in [0.25, 0.3) is 0 Å². The Bertz CT molecular complexity index is 1360. The first-order valence-electron chi connectivity index (χ1n) is 10.6. The molecule has 0 unspecified atom stereocenters. The van der Waals surface area contributed by atoms with E-state index in [-0.39, 0.29) is 6.10 Å². The second-order valence-corrected chi connectivity index (χ2v) is 7.75. The van der Waals surface area contributed by atoms with Crippen LogP contribution < -0.4 is 0 Å². The Labute approximate surface area is 186 Å². The number of rotatable bonds is 6. The lowest BCUT2D eigenvalue weighted by molar-refractivity contribution is 0.132. The van der Waals surface area contributed by atoms with E-state index in [1.54, 1.807) is 7.11 Å². The highest BCUT2D eigenvalue weighted by Gasteiger charge is 2.19. The number of benzene rings is 2. The predicted molar refractivity (Wildman–Crippen MR) is 123 cm³/mol. The molecule has 0 spiro atoms. The number of aromatic amines is 1. The van der Waals surface area contributed by atoms with Crippen LogP contribution in [0, 0.1) is 6.92 Å². The summed E-state index contributed by atoms with van der Waals surface area (Å²) < 4.78 is 8.12. The first-order chi connectivity index (χ1) is 15.7. The van der Waals surface area contributed by atoms with Gasteiger partial charge in [0.05, 0.1) is 11.4 Å². The van der Waals surface area contributed by atoms with E-state index < -0.39 is 0 Å². The van der Waals surface area contributed by atoms with Crippen molar-refractivity contribution < 1.29 is 4.74 Å². The second kappa shape index (κ2) is 8.36. The molecule has 0 bridgehead atoms. The SMILES string of the molecule is CCc1cn2c([C@H](OC)c3ccc(-c4ccccc4-c4nnn[nH]4)cc3)ccc(C)c2n1. The maximum atomic E-state index is 5.96. The number of pyridine rings is 1. The van der Waals surface area contributed by atoms with Gasteiger partial charge in [0.1, 0.15) is 11.8 Å². The zero-order chi connectivity index (χ0) is 22.1. The Balaban J connectivity index is 1.54. The highest BCUT2D eigenvalue weighted by atomic mass is 16.5. The predicted octanol–water partition coefficient (Wildman–Crippen LogP) is 4.79. The van der Waals surface area contributed by atoms with E-state index in [0.29, 0.717) is 5.82 Å². The summed E-state index contributed by atoms with van der Waals surface area (Å²) in [7, 11) is 1.74. The lowest BCUT2D eigenvalue weighted by Crippen LogP contribution is -2.09. The van der Waals surface area contributed by atoms with Gasteiger partial charge in [-0.05, 0) is 52.1 Å². The molecule has 0 fully saturated rings. The molecule has 5 aromatic rings. The fourth-order valence-corrected chi connectivity index (χ4v) is 4.13. The van der Waals surface area contributed by atoms with E-state index in [4.69, 9.17) is 9.72 Å². The standard InChI is InChI=1S/C25H24N6O/c1-4-19-15-31-22(14-9-16(2)25(31)26-19)23(32-3)18-12-10-17(11-13-18)20-7-5-6-8-21(20)24-27-29-30-28-24/h5-15,23H,4H2,1-3H3,(H,27,28,29,30)/t23-/m1/s1. The molecule has 0 saturated carbocycles. The third kappa shape index (κ3) is 3.46. The van der Waals surface area contributed by atoms with Gasteiger partial charge >= 0.3 is 0 Å². The molecule has 0 radical (unpaired) electrons. The Morgan fingerprint density at radius 3 is 2.47 bits per heavy atom. The minimum Gasteiger partial charge on any atom is -0.370 e. The molecule has 1 atom stereocenters. The summed E-state index contributed by atoms with van der Waals surface area (Å²) >= 11 is 0. The van der Waals surface area contributed by atoms with E-state index in [1.165, 1.54) is 0 Å². The van der Waals surface area contributed by atoms with E-state index in [0.717, 1.165) is 51.3 Å². The highest BCUT2D eigenvalue weighted by molar-refractivity contribution is 5.80. The smallest absolute Gasteiger partial charge is 0.180 e. The molecular weight excluding hydrogens is 400 g/mol. The van der Waals surface area contributed by atoms with Gasteiger partial charge in [-0.25, -0.2) is 10.1 Å². The summed E-state index contributed by atoms with van der Waals surface area (Å²) in [5, 5.41) is 14.3. The first-order valence-corrected chi connectivity index (χ1v) is 10.6. The minimum atomic E-state index is -0.209. The van der Waals surface area contributed by atoms with Crippen LogP contribution in [0.5, 0.6) is 0 Å². The molecule has 2 aromatic carbocycles. The van der Waals surface area contributed by atoms with Crippen molar-refractivity contribution in [3.8, 4) is 22.5 Å². The number of H-pyrrole nitrogens is 1. The highest BCUT2D eigenvalue weighted by Crippen LogP contribution is 2.33. The van der Waals surface area contributed by atoms with Gasteiger partial charge in [-0.1, -0.05) is 61.5 Å². The van der Waals surface area contributed by atoms with Crippen LogP contribution >= 0.6 is 0 Å². The average molecular weight is 425 g/mol. The molecular formula is C25H24N6O. The van der Waals surface area contributed by atoms with Crippen molar-refractivity contribution in [2.45, 2.75) is 26.4 Å². The largest absolute Gasteiger partial charge is 0.370 e. The maximum Gasteiger partial charge on any atom is 0.180 e. The normalized spacial score (nSPS) is 12.3. The van der Waals surface area contributed by atoms with Gasteiger partial charge in [-0.3, -0.25) is 0 Å². The third-order valence-corrected chi connectivity index (χ3v) is 5.81. The Hall–Kier alpha value is -3.84. The topological polar surface area (TPSA) is 81.0 Å². The van der Waals surface area contributed by atoms with Crippen molar-refractivity contribution >= 4 is 5.65 Å². The second-order valence-electron chi connectivity index (χ2n) is 7.75. The summed E-state index contributed by atoms with van der Waals surface area (Å²) in [4.78, 5) is 4.78. The van der Waals surface area contributed by atoms with Crippen LogP contribution in [0.25, 0.3) is 28.2 Å². The molecule has 0 amide bonds. The third-order valence-electron chi connectivity index (χ3n) is 5.81. The number of nitrogens with zero attached hydrogens (tertiary/aromatic N) is 5. The number of hydrogen-bond donors (Lipinski definition) is 1. The molecule has 3 aromatic heterocycles. The lowest BCUT2D eigenvalue weighted by atomic mass is 9.96. The van der Waals surface area contributed by atoms with Crippen LogP contribution in [0.2, 0.25) is 0 Å². The van der Waals surface area contributed by atoms with Crippen LogP contribution in [-0.2, 0) is 11.2 Å². The number of ether oxygens (including phenoxy) is 1. The quantitative estimate of drug-likeness (QED) is 0.424. The molecule has 160 valence electrons. The zero-order valence-corrected chi connectivity index (χ0v) is 18.3. The van der Waals surface area contributed by atoms with Crippen molar-refractivity contribution in [2.24, 2.45) is 0 Å². The number of aromatic nitrogens is 6. The molecule has 5 rings (SSSR count). The van der Waals surface area contributed by atoms with Gasteiger partial charge < -0.3 is 9.14 Å². The van der Waals surface area contributed by atoms with Gasteiger partial charge in [0.2, 0.25) is 0 Å². The summed E-state index contributed by atoms with van der Waals surface area (Å²) in [5.41, 5.74) is 8.44. The van der Waals surface area contributed by atoms with Crippen molar-refractivity contribution in [1.29, 1.82) is 0 Å². The molecule has 0 aliphatic heterocycles. The fourth-order valence-electron chi connectivity index (χ4n) is 4.13. The number of methoxy groups -OCH3 is 1. The molecule has 3 heterocycles. The number of fused-ring (bicyclic) bond motifs is 1. The summed E-state index contributed by atoms with van der Waals surface area (Å²) in [6, 6.07) is 20.8. The maximum absolute atomic E-state index is 5.96. The molecule has 7 nitrogen and oxygen atoms in total. The van der Waals surface area contributed by atoms with Crippen LogP contribution in [0.3, 0.4) is 0 Å². The van der Waals surface area contributed by atoms with Crippen molar-refractivity contribution in [2.75, 3.05) is 7.11 Å². The average Bonchev–Trinajstić information content (AvgIpc) is 3.52. The zero-order valence-electron chi connectivity index (χ0n) is 18.3. The van der Waals surface area contributed by atoms with Gasteiger partial charge in [-0.2, -0.15) is 0 Å². The number of tetrazole rings is 1. The first kappa shape index (κ1) is 20.1. The number of hydrogen-bond acceptors (Lipinski definition) is 5. The number of nitrogens with one attached hydrogen (secondary N) is 1. The van der Waals surface area contributed by atoms with Gasteiger partial charge in [-0.15, -0.1) is 5.10 Å². The summed E-state index contributed by atoms with van der Waals surface area (Å²) in [5.74, 6) is 0.647. The summed E-state index contributed by atoms with van der Waals surface area (Å²) in [6.45, 7) is 4.21. The van der Waals surface area contributed by atoms with Crippen LogP contribution in [0.1, 0.15) is 35.5 Å². The number of imidazole rings is 1. The van der Waals surface area contributed by atoms with Crippen LogP contribution in [0.15, 0.2) is 66.9 Å². The van der Waals surface area contributed by atoms with Gasteiger partial charge in [0.15, 0.2) is 5.82 Å². The number of aryl methyl sites for hydroxylation is 2. The summed E-state index contributed by atoms with van der Waals surface area (Å²) in [6.07, 6.45) is 2.80. The monoisotopic (exact) mass is 424 g/mol. The van der Waals surface area contributed by atoms with E-state index in [2.05, 4.69) is 87.5 Å². The van der Waals surface area contributed by atoms with Crippen molar-refractivity contribution in [3.05, 3.63) is 89.4 Å². The lowest BCUT2D eigenvalue weighted by Gasteiger charge is -2.19. The molecule has 7 heteroatoms. The van der Waals surface area contributed by atoms with E-state index in [1.807, 2.05) is 18.2 Å². The minimum absolute atomic E-state index is 0.209. The Morgan fingerprint density at radius 1 is 1.00 bits per heavy atom. The molecule has 32 heavy (non-hydrogen) atoms. The molecule has 0 aliphatic carbocycles. The van der Waals surface area contributed by atoms with Crippen molar-refractivity contribution in [1.82, 2.24) is 30.0 Å². The Kier molecular flexibility index (Phi) is 5.25. The molecule has 1 N–H and O–H groups in total. The van der Waals surface area contributed by atoms with E-state index >= 15 is 0 Å². The fraction of sp³-hybridized carbons (Fsp3) is 0.200.